The van der Waals surface area contributed by atoms with Crippen LogP contribution in [0.15, 0.2) is 0 Å². The molecule has 16 heavy (non-hydrogen) atoms. The molecule has 0 rings (SSSR count). The van der Waals surface area contributed by atoms with E-state index in [0.717, 1.165) is 0 Å². The molecule has 0 heterocycles. The van der Waals surface area contributed by atoms with Gasteiger partial charge in [0, 0.05) is 6.42 Å². The van der Waals surface area contributed by atoms with Crippen molar-refractivity contribution in [2.45, 2.75) is 25.3 Å². The van der Waals surface area contributed by atoms with E-state index >= 15 is 0 Å². The quantitative estimate of drug-likeness (QED) is 0.384. The van der Waals surface area contributed by atoms with Crippen LogP contribution in [0.5, 0.6) is 0 Å². The van der Waals surface area contributed by atoms with Crippen LogP contribution in [0.3, 0.4) is 0 Å². The summed E-state index contributed by atoms with van der Waals surface area (Å²) in [6.45, 7) is 0.0910. The monoisotopic (exact) mass is 232 g/mol. The van der Waals surface area contributed by atoms with Gasteiger partial charge in [0.15, 0.2) is 0 Å². The van der Waals surface area contributed by atoms with Gasteiger partial charge in [0.05, 0.1) is 0 Å². The Morgan fingerprint density at radius 3 is 2.00 bits per heavy atom. The molecule has 0 amide bonds. The normalized spacial score (nSPS) is 14.1. The SMILES string of the molecule is NCCC(C(=O)O)C(=O)CCC(N)C(=O)O. The maximum atomic E-state index is 11.4. The molecule has 6 N–H and O–H groups in total. The second-order valence-electron chi connectivity index (χ2n) is 3.42. The first kappa shape index (κ1) is 14.5. The number of carboxylic acid groups (broad SMARTS) is 2. The van der Waals surface area contributed by atoms with Crippen molar-refractivity contribution in [3.05, 3.63) is 0 Å². The van der Waals surface area contributed by atoms with Crippen molar-refractivity contribution in [3.63, 3.8) is 0 Å². The number of carboxylic acids is 2. The van der Waals surface area contributed by atoms with Crippen LogP contribution in [0, 0.1) is 5.92 Å². The number of carbonyl (C=O) groups is 3. The molecule has 7 heteroatoms. The number of hydrogen-bond donors (Lipinski definition) is 4. The largest absolute Gasteiger partial charge is 0.481 e. The van der Waals surface area contributed by atoms with Crippen LogP contribution in [-0.4, -0.2) is 40.5 Å². The summed E-state index contributed by atoms with van der Waals surface area (Å²) in [5, 5.41) is 17.2. The lowest BCUT2D eigenvalue weighted by atomic mass is 9.95. The van der Waals surface area contributed by atoms with E-state index in [2.05, 4.69) is 0 Å². The van der Waals surface area contributed by atoms with Gasteiger partial charge in [0.1, 0.15) is 17.7 Å². The molecule has 92 valence electrons. The molecule has 0 spiro atoms. The lowest BCUT2D eigenvalue weighted by Crippen LogP contribution is -2.32. The minimum atomic E-state index is -1.24. The molecular formula is C9H16N2O5. The standard InChI is InChI=1S/C9H16N2O5/c10-4-3-5(8(13)14)7(12)2-1-6(11)9(15)16/h5-6H,1-4,10-11H2,(H,13,14)(H,15,16). The van der Waals surface area contributed by atoms with E-state index in [4.69, 9.17) is 21.7 Å². The van der Waals surface area contributed by atoms with Gasteiger partial charge in [-0.2, -0.15) is 0 Å². The number of carbonyl (C=O) groups excluding carboxylic acids is 1. The summed E-state index contributed by atoms with van der Waals surface area (Å²) in [5.41, 5.74) is 10.4. The number of Topliss-reactive ketones (excluding diaryl/α,β-unsaturated/α-hetero) is 1. The Labute approximate surface area is 92.4 Å². The highest BCUT2D eigenvalue weighted by Gasteiger charge is 2.25. The van der Waals surface area contributed by atoms with Crippen LogP contribution in [0.25, 0.3) is 0 Å². The molecule has 0 fully saturated rings. The summed E-state index contributed by atoms with van der Waals surface area (Å²) in [7, 11) is 0. The number of rotatable bonds is 8. The van der Waals surface area contributed by atoms with Crippen molar-refractivity contribution < 1.29 is 24.6 Å². The second-order valence-corrected chi connectivity index (χ2v) is 3.42. The summed E-state index contributed by atoms with van der Waals surface area (Å²) in [4.78, 5) is 32.5. The number of ketones is 1. The molecule has 2 atom stereocenters. The highest BCUT2D eigenvalue weighted by atomic mass is 16.4. The van der Waals surface area contributed by atoms with E-state index in [-0.39, 0.29) is 25.8 Å². The summed E-state index contributed by atoms with van der Waals surface area (Å²) in [5.74, 6) is -4.14. The molecule has 0 aromatic rings. The van der Waals surface area contributed by atoms with Crippen LogP contribution >= 0.6 is 0 Å². The van der Waals surface area contributed by atoms with Crippen molar-refractivity contribution >= 4 is 17.7 Å². The molecule has 0 aliphatic rings. The molecule has 0 bridgehead atoms. The first-order valence-electron chi connectivity index (χ1n) is 4.84. The smallest absolute Gasteiger partial charge is 0.320 e. The van der Waals surface area contributed by atoms with Gasteiger partial charge in [-0.25, -0.2) is 0 Å². The van der Waals surface area contributed by atoms with E-state index < -0.39 is 29.7 Å². The first-order valence-corrected chi connectivity index (χ1v) is 4.84. The fourth-order valence-corrected chi connectivity index (χ4v) is 1.18. The predicted molar refractivity (Wildman–Crippen MR) is 54.6 cm³/mol. The fourth-order valence-electron chi connectivity index (χ4n) is 1.18. The van der Waals surface area contributed by atoms with Crippen LogP contribution in [-0.2, 0) is 14.4 Å². The van der Waals surface area contributed by atoms with Gasteiger partial charge in [0.2, 0.25) is 0 Å². The Morgan fingerprint density at radius 2 is 1.62 bits per heavy atom. The Morgan fingerprint density at radius 1 is 1.06 bits per heavy atom. The summed E-state index contributed by atoms with van der Waals surface area (Å²) < 4.78 is 0. The fraction of sp³-hybridized carbons (Fsp3) is 0.667. The van der Waals surface area contributed by atoms with Crippen LogP contribution < -0.4 is 11.5 Å². The highest BCUT2D eigenvalue weighted by Crippen LogP contribution is 2.09. The van der Waals surface area contributed by atoms with Crippen LogP contribution in [0.2, 0.25) is 0 Å². The second kappa shape index (κ2) is 6.91. The summed E-state index contributed by atoms with van der Waals surface area (Å²) in [6.07, 6.45) is -0.177. The molecule has 2 unspecified atom stereocenters. The molecule has 0 aromatic carbocycles. The van der Waals surface area contributed by atoms with Crippen molar-refractivity contribution in [1.82, 2.24) is 0 Å². The van der Waals surface area contributed by atoms with Gasteiger partial charge in [0.25, 0.3) is 0 Å². The van der Waals surface area contributed by atoms with Gasteiger partial charge < -0.3 is 21.7 Å². The molecule has 7 nitrogen and oxygen atoms in total. The third-order valence-corrected chi connectivity index (χ3v) is 2.16. The lowest BCUT2D eigenvalue weighted by Gasteiger charge is -2.11. The predicted octanol–water partition coefficient (Wildman–Crippen LogP) is -1.20. The minimum absolute atomic E-state index is 0.0521. The molecular weight excluding hydrogens is 216 g/mol. The topological polar surface area (TPSA) is 144 Å². The summed E-state index contributed by atoms with van der Waals surface area (Å²) in [6, 6.07) is -1.14. The van der Waals surface area contributed by atoms with Gasteiger partial charge in [-0.3, -0.25) is 14.4 Å². The third kappa shape index (κ3) is 4.85. The maximum absolute atomic E-state index is 11.4. The number of nitrogens with two attached hydrogens (primary N) is 2. The highest BCUT2D eigenvalue weighted by molar-refractivity contribution is 5.98. The van der Waals surface area contributed by atoms with Gasteiger partial charge in [-0.15, -0.1) is 0 Å². The Hall–Kier alpha value is -1.47. The zero-order valence-electron chi connectivity index (χ0n) is 8.76. The van der Waals surface area contributed by atoms with E-state index in [1.165, 1.54) is 0 Å². The molecule has 0 saturated heterocycles. The molecule has 0 aliphatic heterocycles. The Bertz CT molecular complexity index is 279. The first-order chi connectivity index (χ1) is 7.40. The molecule has 0 saturated carbocycles. The average Bonchev–Trinajstić information content (AvgIpc) is 2.21. The van der Waals surface area contributed by atoms with E-state index in [9.17, 15) is 14.4 Å². The maximum Gasteiger partial charge on any atom is 0.320 e. The van der Waals surface area contributed by atoms with Crippen LogP contribution in [0.1, 0.15) is 19.3 Å². The number of aliphatic carboxylic acids is 2. The lowest BCUT2D eigenvalue weighted by molar-refractivity contribution is -0.146. The third-order valence-electron chi connectivity index (χ3n) is 2.16. The van der Waals surface area contributed by atoms with Gasteiger partial charge >= 0.3 is 11.9 Å². The Kier molecular flexibility index (Phi) is 6.28. The van der Waals surface area contributed by atoms with E-state index in [1.54, 1.807) is 0 Å². The van der Waals surface area contributed by atoms with Gasteiger partial charge in [-0.05, 0) is 19.4 Å². The zero-order valence-corrected chi connectivity index (χ0v) is 8.76. The van der Waals surface area contributed by atoms with Gasteiger partial charge in [-0.1, -0.05) is 0 Å². The van der Waals surface area contributed by atoms with Crippen molar-refractivity contribution in [2.75, 3.05) is 6.54 Å². The van der Waals surface area contributed by atoms with Crippen molar-refractivity contribution in [2.24, 2.45) is 17.4 Å². The molecule has 0 aliphatic carbocycles. The minimum Gasteiger partial charge on any atom is -0.481 e. The van der Waals surface area contributed by atoms with Crippen LogP contribution in [0.4, 0.5) is 0 Å². The van der Waals surface area contributed by atoms with E-state index in [1.807, 2.05) is 0 Å². The molecule has 0 radical (unpaired) electrons. The van der Waals surface area contributed by atoms with E-state index in [0.29, 0.717) is 0 Å². The zero-order chi connectivity index (χ0) is 12.7. The Balaban J connectivity index is 4.21. The summed E-state index contributed by atoms with van der Waals surface area (Å²) >= 11 is 0. The molecule has 0 aromatic heterocycles. The number of hydrogen-bond acceptors (Lipinski definition) is 5. The van der Waals surface area contributed by atoms with Crippen molar-refractivity contribution in [1.29, 1.82) is 0 Å². The van der Waals surface area contributed by atoms with Crippen molar-refractivity contribution in [3.8, 4) is 0 Å². The average molecular weight is 232 g/mol.